The van der Waals surface area contributed by atoms with E-state index in [-0.39, 0.29) is 7.43 Å². The smallest absolute Gasteiger partial charge is 0.292 e. The first-order valence-corrected chi connectivity index (χ1v) is 8.05. The quantitative estimate of drug-likeness (QED) is 0.694. The molecule has 0 bridgehead atoms. The molecule has 2 aromatic rings. The third kappa shape index (κ3) is 2.49. The van der Waals surface area contributed by atoms with Crippen LogP contribution in [0, 0.1) is 11.5 Å². The van der Waals surface area contributed by atoms with E-state index in [1.54, 1.807) is 12.3 Å². The number of hydrogen-bond donors (Lipinski definition) is 0. The number of fused-ring (bicyclic) bond motifs is 4. The van der Waals surface area contributed by atoms with E-state index in [1.807, 2.05) is 19.1 Å². The molecule has 0 radical (unpaired) electrons. The zero-order valence-corrected chi connectivity index (χ0v) is 14.3. The molecule has 0 atom stereocenters. The highest BCUT2D eigenvalue weighted by Gasteiger charge is 2.31. The number of rotatable bonds is 2. The third-order valence-corrected chi connectivity index (χ3v) is 4.79. The van der Waals surface area contributed by atoms with Crippen molar-refractivity contribution in [1.29, 1.82) is 5.26 Å². The summed E-state index contributed by atoms with van der Waals surface area (Å²) >= 11 is 0. The normalized spacial score (nSPS) is 15.0. The molecule has 0 saturated carbocycles. The Labute approximate surface area is 154 Å². The zero-order chi connectivity index (χ0) is 17.7. The molecule has 1 aromatic heterocycles. The average Bonchev–Trinajstić information content (AvgIpc) is 2.93. The molecule has 4 rings (SSSR count). The van der Waals surface area contributed by atoms with Crippen LogP contribution in [0.15, 0.2) is 65.9 Å². The highest BCUT2D eigenvalue weighted by atomic mass is 16.5. The van der Waals surface area contributed by atoms with Gasteiger partial charge in [0, 0.05) is 16.6 Å². The van der Waals surface area contributed by atoms with Gasteiger partial charge in [0.05, 0.1) is 23.5 Å². The van der Waals surface area contributed by atoms with Crippen molar-refractivity contribution in [3.8, 4) is 12.0 Å². The number of nitrogens with zero attached hydrogens (tertiary/aromatic N) is 3. The predicted octanol–water partition coefficient (Wildman–Crippen LogP) is 5.31. The summed E-state index contributed by atoms with van der Waals surface area (Å²) in [5.74, 6) is 0.526. The van der Waals surface area contributed by atoms with Crippen LogP contribution in [0.5, 0.6) is 5.75 Å². The maximum Gasteiger partial charge on any atom is 0.292 e. The number of benzene rings is 1. The Kier molecular flexibility index (Phi) is 4.17. The van der Waals surface area contributed by atoms with Gasteiger partial charge in [-0.2, -0.15) is 0 Å². The SMILES string of the molecule is C.C=C(C)C1=C(C)C(=C)N2Cc3cc4cc(OC#N)ccc4nc3C2=C1. The lowest BCUT2D eigenvalue weighted by molar-refractivity contribution is 0.508. The van der Waals surface area contributed by atoms with Crippen molar-refractivity contribution in [1.82, 2.24) is 9.88 Å². The molecule has 0 unspecified atom stereocenters. The van der Waals surface area contributed by atoms with Gasteiger partial charge in [0.1, 0.15) is 5.75 Å². The van der Waals surface area contributed by atoms with Crippen LogP contribution in [0.1, 0.15) is 32.5 Å². The summed E-state index contributed by atoms with van der Waals surface area (Å²) in [6, 6.07) is 7.60. The molecule has 0 spiro atoms. The number of allylic oxidation sites excluding steroid dienone is 4. The number of aromatic nitrogens is 1. The summed E-state index contributed by atoms with van der Waals surface area (Å²) in [7, 11) is 0. The first-order valence-electron chi connectivity index (χ1n) is 8.05. The number of nitriles is 1. The van der Waals surface area contributed by atoms with Gasteiger partial charge in [-0.25, -0.2) is 4.98 Å². The summed E-state index contributed by atoms with van der Waals surface area (Å²) in [4.78, 5) is 7.05. The van der Waals surface area contributed by atoms with Crippen molar-refractivity contribution < 1.29 is 4.74 Å². The Hall–Kier alpha value is -3.32. The minimum absolute atomic E-state index is 0. The van der Waals surface area contributed by atoms with Gasteiger partial charge in [-0.3, -0.25) is 0 Å². The van der Waals surface area contributed by atoms with Gasteiger partial charge in [0.15, 0.2) is 0 Å². The van der Waals surface area contributed by atoms with Gasteiger partial charge >= 0.3 is 0 Å². The number of pyridine rings is 1. The summed E-state index contributed by atoms with van der Waals surface area (Å²) in [5, 5.41) is 9.65. The van der Waals surface area contributed by atoms with Gasteiger partial charge in [-0.1, -0.05) is 26.2 Å². The summed E-state index contributed by atoms with van der Waals surface area (Å²) < 4.78 is 4.92. The molecular formula is C22H21N3O. The fourth-order valence-corrected chi connectivity index (χ4v) is 3.47. The van der Waals surface area contributed by atoms with E-state index in [0.717, 1.165) is 56.8 Å². The Bertz CT molecular complexity index is 1070. The van der Waals surface area contributed by atoms with Crippen LogP contribution in [0.4, 0.5) is 0 Å². The lowest BCUT2D eigenvalue weighted by Gasteiger charge is -2.29. The summed E-state index contributed by atoms with van der Waals surface area (Å²) in [5.41, 5.74) is 8.37. The maximum atomic E-state index is 8.69. The monoisotopic (exact) mass is 343 g/mol. The molecule has 0 fully saturated rings. The van der Waals surface area contributed by atoms with Crippen molar-refractivity contribution in [2.24, 2.45) is 0 Å². The van der Waals surface area contributed by atoms with Gasteiger partial charge in [0.2, 0.25) is 0 Å². The highest BCUT2D eigenvalue weighted by Crippen LogP contribution is 2.43. The van der Waals surface area contributed by atoms with Crippen LogP contribution >= 0.6 is 0 Å². The first-order chi connectivity index (χ1) is 12.0. The highest BCUT2D eigenvalue weighted by molar-refractivity contribution is 5.86. The largest absolute Gasteiger partial charge is 0.388 e. The maximum absolute atomic E-state index is 8.69. The summed E-state index contributed by atoms with van der Waals surface area (Å²) in [6.45, 7) is 13.2. The topological polar surface area (TPSA) is 49.1 Å². The second kappa shape index (κ2) is 6.20. The molecule has 4 nitrogen and oxygen atoms in total. The molecule has 3 heterocycles. The minimum atomic E-state index is 0. The van der Waals surface area contributed by atoms with Crippen LogP contribution in [-0.2, 0) is 6.54 Å². The van der Waals surface area contributed by atoms with Gasteiger partial charge in [0.25, 0.3) is 6.26 Å². The van der Waals surface area contributed by atoms with Crippen molar-refractivity contribution in [3.63, 3.8) is 0 Å². The Balaban J connectivity index is 0.00000196. The molecule has 0 aliphatic carbocycles. The third-order valence-electron chi connectivity index (χ3n) is 4.79. The van der Waals surface area contributed by atoms with E-state index in [9.17, 15) is 0 Å². The molecule has 1 aromatic carbocycles. The van der Waals surface area contributed by atoms with Crippen molar-refractivity contribution in [2.45, 2.75) is 27.8 Å². The molecule has 0 N–H and O–H groups in total. The minimum Gasteiger partial charge on any atom is -0.388 e. The second-order valence-electron chi connectivity index (χ2n) is 6.43. The molecule has 2 aliphatic rings. The van der Waals surface area contributed by atoms with Gasteiger partial charge in [-0.15, -0.1) is 5.26 Å². The van der Waals surface area contributed by atoms with E-state index >= 15 is 0 Å². The zero-order valence-electron chi connectivity index (χ0n) is 14.3. The molecule has 2 aliphatic heterocycles. The molecule has 0 amide bonds. The number of hydrogen-bond acceptors (Lipinski definition) is 4. The molecule has 0 saturated heterocycles. The van der Waals surface area contributed by atoms with Gasteiger partial charge < -0.3 is 9.64 Å². The van der Waals surface area contributed by atoms with Crippen LogP contribution in [-0.4, -0.2) is 9.88 Å². The van der Waals surface area contributed by atoms with E-state index in [1.165, 1.54) is 0 Å². The molecule has 130 valence electrons. The van der Waals surface area contributed by atoms with Crippen LogP contribution < -0.4 is 4.74 Å². The Morgan fingerprint density at radius 1 is 1.35 bits per heavy atom. The fraction of sp³-hybridized carbons (Fsp3) is 0.182. The van der Waals surface area contributed by atoms with Crippen LogP contribution in [0.2, 0.25) is 0 Å². The first kappa shape index (κ1) is 17.5. The van der Waals surface area contributed by atoms with Crippen LogP contribution in [0.3, 0.4) is 0 Å². The van der Waals surface area contributed by atoms with Crippen molar-refractivity contribution in [2.75, 3.05) is 0 Å². The van der Waals surface area contributed by atoms with E-state index in [4.69, 9.17) is 15.0 Å². The van der Waals surface area contributed by atoms with Gasteiger partial charge in [-0.05, 0) is 55.3 Å². The van der Waals surface area contributed by atoms with Crippen LogP contribution in [0.25, 0.3) is 16.6 Å². The average molecular weight is 343 g/mol. The fourth-order valence-electron chi connectivity index (χ4n) is 3.47. The molecular weight excluding hydrogens is 322 g/mol. The van der Waals surface area contributed by atoms with E-state index < -0.39 is 0 Å². The second-order valence-corrected chi connectivity index (χ2v) is 6.43. The molecule has 4 heteroatoms. The molecule has 26 heavy (non-hydrogen) atoms. The van der Waals surface area contributed by atoms with Crippen molar-refractivity contribution >= 4 is 16.6 Å². The van der Waals surface area contributed by atoms with Crippen molar-refractivity contribution in [3.05, 3.63) is 77.2 Å². The van der Waals surface area contributed by atoms with E-state index in [0.29, 0.717) is 5.75 Å². The summed E-state index contributed by atoms with van der Waals surface area (Å²) in [6.07, 6.45) is 3.86. The number of ether oxygens (including phenoxy) is 1. The predicted molar refractivity (Wildman–Crippen MR) is 105 cm³/mol. The Morgan fingerprint density at radius 2 is 2.12 bits per heavy atom. The lowest BCUT2D eigenvalue weighted by atomic mass is 9.96. The standard InChI is InChI=1S/C21H17N3O.CH4/c1-12(2)18-9-20-21-16(10-24(20)14(4)13(18)3)7-15-8-17(25-11-22)5-6-19(15)23-21;/h5-9H,1,4,10H2,2-3H3;1H4. The Morgan fingerprint density at radius 3 is 2.81 bits per heavy atom. The lowest BCUT2D eigenvalue weighted by Crippen LogP contribution is -2.19. The van der Waals surface area contributed by atoms with E-state index in [2.05, 4.69) is 37.1 Å².